The van der Waals surface area contributed by atoms with Gasteiger partial charge in [-0.3, -0.25) is 9.59 Å². The molecule has 0 aromatic heterocycles. The molecule has 0 aliphatic heterocycles. The van der Waals surface area contributed by atoms with Crippen LogP contribution in [0.25, 0.3) is 0 Å². The molecule has 1 N–H and O–H groups in total. The van der Waals surface area contributed by atoms with E-state index in [0.29, 0.717) is 23.4 Å². The lowest BCUT2D eigenvalue weighted by Crippen LogP contribution is -2.36. The Morgan fingerprint density at radius 1 is 0.923 bits per heavy atom. The SMILES string of the molecule is CCN(CC)CCNC(=O)COc1ccc(C(=O)c2ccccc2)cc1. The lowest BCUT2D eigenvalue weighted by atomic mass is 10.0. The van der Waals surface area contributed by atoms with Crippen LogP contribution in [0.15, 0.2) is 54.6 Å². The molecule has 2 aromatic carbocycles. The predicted molar refractivity (Wildman–Crippen MR) is 103 cm³/mol. The molecule has 26 heavy (non-hydrogen) atoms. The van der Waals surface area contributed by atoms with Gasteiger partial charge < -0.3 is 15.0 Å². The Labute approximate surface area is 155 Å². The number of nitrogens with zero attached hydrogens (tertiary/aromatic N) is 1. The summed E-state index contributed by atoms with van der Waals surface area (Å²) in [5.74, 6) is 0.376. The van der Waals surface area contributed by atoms with Gasteiger partial charge in [-0.25, -0.2) is 0 Å². The third-order valence-corrected chi connectivity index (χ3v) is 4.17. The van der Waals surface area contributed by atoms with Gasteiger partial charge in [-0.1, -0.05) is 44.2 Å². The first kappa shape index (κ1) is 19.7. The molecule has 0 saturated carbocycles. The first-order chi connectivity index (χ1) is 12.6. The molecular weight excluding hydrogens is 328 g/mol. The third-order valence-electron chi connectivity index (χ3n) is 4.17. The predicted octanol–water partition coefficient (Wildman–Crippen LogP) is 2.75. The molecule has 1 amide bonds. The Morgan fingerprint density at radius 2 is 1.54 bits per heavy atom. The molecule has 0 unspecified atom stereocenters. The maximum Gasteiger partial charge on any atom is 0.257 e. The van der Waals surface area contributed by atoms with E-state index in [-0.39, 0.29) is 18.3 Å². The van der Waals surface area contributed by atoms with Gasteiger partial charge in [-0.15, -0.1) is 0 Å². The van der Waals surface area contributed by atoms with E-state index in [1.807, 2.05) is 18.2 Å². The van der Waals surface area contributed by atoms with Crippen molar-refractivity contribution in [3.05, 3.63) is 65.7 Å². The average molecular weight is 354 g/mol. The van der Waals surface area contributed by atoms with Gasteiger partial charge in [0, 0.05) is 24.2 Å². The molecule has 5 nitrogen and oxygen atoms in total. The highest BCUT2D eigenvalue weighted by molar-refractivity contribution is 6.08. The van der Waals surface area contributed by atoms with Gasteiger partial charge >= 0.3 is 0 Å². The van der Waals surface area contributed by atoms with Gasteiger partial charge in [0.1, 0.15) is 5.75 Å². The van der Waals surface area contributed by atoms with Gasteiger partial charge in [-0.2, -0.15) is 0 Å². The highest BCUT2D eigenvalue weighted by Crippen LogP contribution is 2.15. The number of rotatable bonds is 10. The lowest BCUT2D eigenvalue weighted by molar-refractivity contribution is -0.123. The number of hydrogen-bond donors (Lipinski definition) is 1. The molecule has 2 aromatic rings. The topological polar surface area (TPSA) is 58.6 Å². The first-order valence-electron chi connectivity index (χ1n) is 8.95. The van der Waals surface area contributed by atoms with Crippen LogP contribution in [0.3, 0.4) is 0 Å². The Morgan fingerprint density at radius 3 is 2.15 bits per heavy atom. The number of benzene rings is 2. The molecule has 0 heterocycles. The quantitative estimate of drug-likeness (QED) is 0.667. The summed E-state index contributed by atoms with van der Waals surface area (Å²) >= 11 is 0. The minimum absolute atomic E-state index is 0.0358. The molecule has 2 rings (SSSR count). The van der Waals surface area contributed by atoms with E-state index in [1.54, 1.807) is 36.4 Å². The Bertz CT molecular complexity index is 695. The molecule has 0 fully saturated rings. The van der Waals surface area contributed by atoms with Crippen LogP contribution >= 0.6 is 0 Å². The Balaban J connectivity index is 1.78. The summed E-state index contributed by atoms with van der Waals surface area (Å²) in [7, 11) is 0. The van der Waals surface area contributed by atoms with E-state index in [2.05, 4.69) is 24.1 Å². The maximum absolute atomic E-state index is 12.3. The van der Waals surface area contributed by atoms with E-state index in [4.69, 9.17) is 4.74 Å². The number of carbonyl (C=O) groups excluding carboxylic acids is 2. The summed E-state index contributed by atoms with van der Waals surface area (Å²) in [5.41, 5.74) is 1.24. The van der Waals surface area contributed by atoms with Crippen molar-refractivity contribution in [3.63, 3.8) is 0 Å². The summed E-state index contributed by atoms with van der Waals surface area (Å²) in [6, 6.07) is 16.0. The normalized spacial score (nSPS) is 10.6. The van der Waals surface area contributed by atoms with Gasteiger partial charge in [-0.05, 0) is 37.4 Å². The summed E-state index contributed by atoms with van der Waals surface area (Å²) in [4.78, 5) is 26.4. The van der Waals surface area contributed by atoms with Crippen molar-refractivity contribution in [3.8, 4) is 5.75 Å². The zero-order valence-electron chi connectivity index (χ0n) is 15.4. The fourth-order valence-corrected chi connectivity index (χ4v) is 2.55. The fraction of sp³-hybridized carbons (Fsp3) is 0.333. The summed E-state index contributed by atoms with van der Waals surface area (Å²) in [6.45, 7) is 7.53. The summed E-state index contributed by atoms with van der Waals surface area (Å²) < 4.78 is 5.48. The third kappa shape index (κ3) is 6.01. The van der Waals surface area contributed by atoms with Crippen molar-refractivity contribution in [2.45, 2.75) is 13.8 Å². The number of amides is 1. The molecule has 0 aliphatic rings. The highest BCUT2D eigenvalue weighted by Gasteiger charge is 2.09. The number of likely N-dealkylation sites (N-methyl/N-ethyl adjacent to an activating group) is 1. The minimum atomic E-state index is -0.151. The summed E-state index contributed by atoms with van der Waals surface area (Å²) in [6.07, 6.45) is 0. The van der Waals surface area contributed by atoms with Gasteiger partial charge in [0.25, 0.3) is 5.91 Å². The standard InChI is InChI=1S/C21H26N2O3/c1-3-23(4-2)15-14-22-20(24)16-26-19-12-10-18(11-13-19)21(25)17-8-6-5-7-9-17/h5-13H,3-4,14-16H2,1-2H3,(H,22,24). The average Bonchev–Trinajstić information content (AvgIpc) is 2.70. The van der Waals surface area contributed by atoms with Crippen molar-refractivity contribution < 1.29 is 14.3 Å². The van der Waals surface area contributed by atoms with Gasteiger partial charge in [0.2, 0.25) is 0 Å². The van der Waals surface area contributed by atoms with Crippen LogP contribution < -0.4 is 10.1 Å². The van der Waals surface area contributed by atoms with Crippen LogP contribution in [-0.4, -0.2) is 49.4 Å². The van der Waals surface area contributed by atoms with Crippen LogP contribution in [0.2, 0.25) is 0 Å². The maximum atomic E-state index is 12.3. The molecule has 0 bridgehead atoms. The molecule has 0 saturated heterocycles. The number of ketones is 1. The minimum Gasteiger partial charge on any atom is -0.484 e. The van der Waals surface area contributed by atoms with Crippen molar-refractivity contribution in [1.82, 2.24) is 10.2 Å². The number of ether oxygens (including phenoxy) is 1. The van der Waals surface area contributed by atoms with Crippen molar-refractivity contribution in [1.29, 1.82) is 0 Å². The molecule has 0 atom stereocenters. The van der Waals surface area contributed by atoms with Gasteiger partial charge in [0.15, 0.2) is 12.4 Å². The largest absolute Gasteiger partial charge is 0.484 e. The summed E-state index contributed by atoms with van der Waals surface area (Å²) in [5, 5.41) is 2.84. The first-order valence-corrected chi connectivity index (χ1v) is 8.95. The lowest BCUT2D eigenvalue weighted by Gasteiger charge is -2.17. The monoisotopic (exact) mass is 354 g/mol. The fourth-order valence-electron chi connectivity index (χ4n) is 2.55. The van der Waals surface area contributed by atoms with Crippen LogP contribution in [0.4, 0.5) is 0 Å². The van der Waals surface area contributed by atoms with Crippen molar-refractivity contribution in [2.75, 3.05) is 32.8 Å². The van der Waals surface area contributed by atoms with Crippen LogP contribution in [0, 0.1) is 0 Å². The molecular formula is C21H26N2O3. The van der Waals surface area contributed by atoms with E-state index in [1.165, 1.54) is 0 Å². The zero-order valence-corrected chi connectivity index (χ0v) is 15.4. The van der Waals surface area contributed by atoms with Crippen LogP contribution in [0.5, 0.6) is 5.75 Å². The second-order valence-electron chi connectivity index (χ2n) is 5.89. The van der Waals surface area contributed by atoms with Crippen LogP contribution in [-0.2, 0) is 4.79 Å². The molecule has 0 aliphatic carbocycles. The molecule has 5 heteroatoms. The van der Waals surface area contributed by atoms with Crippen molar-refractivity contribution >= 4 is 11.7 Å². The number of hydrogen-bond acceptors (Lipinski definition) is 4. The molecule has 138 valence electrons. The number of nitrogens with one attached hydrogen (secondary N) is 1. The molecule has 0 spiro atoms. The van der Waals surface area contributed by atoms with E-state index in [0.717, 1.165) is 19.6 Å². The smallest absolute Gasteiger partial charge is 0.257 e. The second-order valence-corrected chi connectivity index (χ2v) is 5.89. The van der Waals surface area contributed by atoms with E-state index < -0.39 is 0 Å². The number of carbonyl (C=O) groups is 2. The van der Waals surface area contributed by atoms with Gasteiger partial charge in [0.05, 0.1) is 0 Å². The van der Waals surface area contributed by atoms with E-state index in [9.17, 15) is 9.59 Å². The van der Waals surface area contributed by atoms with Crippen molar-refractivity contribution in [2.24, 2.45) is 0 Å². The zero-order chi connectivity index (χ0) is 18.8. The van der Waals surface area contributed by atoms with E-state index >= 15 is 0 Å². The highest BCUT2D eigenvalue weighted by atomic mass is 16.5. The van der Waals surface area contributed by atoms with Crippen LogP contribution in [0.1, 0.15) is 29.8 Å². The second kappa shape index (κ2) is 10.4. The molecule has 0 radical (unpaired) electrons. The Kier molecular flexibility index (Phi) is 7.83. The Hall–Kier alpha value is -2.66.